The highest BCUT2D eigenvalue weighted by Crippen LogP contribution is 2.12. The van der Waals surface area contributed by atoms with Gasteiger partial charge in [0.2, 0.25) is 0 Å². The maximum absolute atomic E-state index is 12.8. The fourth-order valence-corrected chi connectivity index (χ4v) is 3.38. The molecule has 0 saturated carbocycles. The van der Waals surface area contributed by atoms with Crippen LogP contribution in [0.1, 0.15) is 15.9 Å². The summed E-state index contributed by atoms with van der Waals surface area (Å²) < 4.78 is 3.13. The normalized spacial score (nSPS) is 11.0. The molecular weight excluding hydrogens is 425 g/mol. The summed E-state index contributed by atoms with van der Waals surface area (Å²) in [5.41, 5.74) is 1.73. The Labute approximate surface area is 181 Å². The van der Waals surface area contributed by atoms with E-state index in [1.807, 2.05) is 12.1 Å². The van der Waals surface area contributed by atoms with Crippen molar-refractivity contribution in [1.29, 1.82) is 0 Å². The first-order chi connectivity index (χ1) is 14.5. The highest BCUT2D eigenvalue weighted by molar-refractivity contribution is 6.31. The SMILES string of the molecule is O=C(NCCn1ncc2c(=O)n(Cc3ccc(Cl)cc3)cnc21)c1cccc(Cl)c1. The van der Waals surface area contributed by atoms with Crippen LogP contribution in [0.2, 0.25) is 10.0 Å². The van der Waals surface area contributed by atoms with Crippen LogP contribution in [0.3, 0.4) is 0 Å². The minimum atomic E-state index is -0.229. The molecule has 1 N–H and O–H groups in total. The molecule has 2 aromatic heterocycles. The first kappa shape index (κ1) is 20.1. The standard InChI is InChI=1S/C21H17Cl2N5O2/c22-16-6-4-14(5-7-16)12-27-13-25-19-18(21(27)30)11-26-28(19)9-8-24-20(29)15-2-1-3-17(23)10-15/h1-7,10-11,13H,8-9,12H2,(H,24,29). The van der Waals surface area contributed by atoms with Crippen molar-refractivity contribution in [3.8, 4) is 0 Å². The molecule has 2 aromatic carbocycles. The van der Waals surface area contributed by atoms with Gasteiger partial charge >= 0.3 is 0 Å². The second-order valence-corrected chi connectivity index (χ2v) is 7.55. The summed E-state index contributed by atoms with van der Waals surface area (Å²) in [7, 11) is 0. The molecule has 0 radical (unpaired) electrons. The largest absolute Gasteiger partial charge is 0.350 e. The van der Waals surface area contributed by atoms with Crippen molar-refractivity contribution in [2.24, 2.45) is 0 Å². The number of carbonyl (C=O) groups is 1. The van der Waals surface area contributed by atoms with E-state index in [-0.39, 0.29) is 11.5 Å². The average Bonchev–Trinajstić information content (AvgIpc) is 3.15. The molecule has 9 heteroatoms. The summed E-state index contributed by atoms with van der Waals surface area (Å²) in [4.78, 5) is 29.4. The van der Waals surface area contributed by atoms with Gasteiger partial charge in [-0.2, -0.15) is 5.10 Å². The summed E-state index contributed by atoms with van der Waals surface area (Å²) >= 11 is 11.8. The number of nitrogens with zero attached hydrogens (tertiary/aromatic N) is 4. The van der Waals surface area contributed by atoms with Crippen LogP contribution in [0.25, 0.3) is 11.0 Å². The maximum atomic E-state index is 12.8. The lowest BCUT2D eigenvalue weighted by Gasteiger charge is -2.08. The second-order valence-electron chi connectivity index (χ2n) is 6.68. The molecule has 0 spiro atoms. The number of carbonyl (C=O) groups excluding carboxylic acids is 1. The number of halogens is 2. The Morgan fingerprint density at radius 2 is 1.87 bits per heavy atom. The van der Waals surface area contributed by atoms with Crippen LogP contribution < -0.4 is 10.9 Å². The number of aromatic nitrogens is 4. The predicted molar refractivity (Wildman–Crippen MR) is 116 cm³/mol. The number of hydrogen-bond donors (Lipinski definition) is 1. The molecule has 0 unspecified atom stereocenters. The Balaban J connectivity index is 1.45. The number of hydrogen-bond acceptors (Lipinski definition) is 4. The average molecular weight is 442 g/mol. The van der Waals surface area contributed by atoms with Crippen molar-refractivity contribution >= 4 is 40.1 Å². The maximum Gasteiger partial charge on any atom is 0.264 e. The summed E-state index contributed by atoms with van der Waals surface area (Å²) in [5.74, 6) is -0.229. The molecule has 0 saturated heterocycles. The molecule has 4 aromatic rings. The number of nitrogens with one attached hydrogen (secondary N) is 1. The van der Waals surface area contributed by atoms with Gasteiger partial charge in [0.25, 0.3) is 11.5 Å². The fraction of sp³-hybridized carbons (Fsp3) is 0.143. The third-order valence-electron chi connectivity index (χ3n) is 4.58. The van der Waals surface area contributed by atoms with E-state index in [9.17, 15) is 9.59 Å². The lowest BCUT2D eigenvalue weighted by Crippen LogP contribution is -2.27. The second kappa shape index (κ2) is 8.69. The van der Waals surface area contributed by atoms with Crippen LogP contribution >= 0.6 is 23.2 Å². The van der Waals surface area contributed by atoms with Crippen molar-refractivity contribution in [3.05, 3.63) is 92.6 Å². The van der Waals surface area contributed by atoms with Gasteiger partial charge < -0.3 is 5.32 Å². The van der Waals surface area contributed by atoms with Crippen LogP contribution in [0.15, 0.2) is 65.8 Å². The van der Waals surface area contributed by atoms with Crippen LogP contribution in [0.5, 0.6) is 0 Å². The lowest BCUT2D eigenvalue weighted by molar-refractivity contribution is 0.0952. The predicted octanol–water partition coefficient (Wildman–Crippen LogP) is 3.38. The molecule has 0 aliphatic rings. The van der Waals surface area contributed by atoms with Gasteiger partial charge in [0, 0.05) is 22.2 Å². The molecule has 30 heavy (non-hydrogen) atoms. The topological polar surface area (TPSA) is 81.8 Å². The molecule has 2 heterocycles. The van der Waals surface area contributed by atoms with Gasteiger partial charge in [-0.3, -0.25) is 14.2 Å². The lowest BCUT2D eigenvalue weighted by atomic mass is 10.2. The Bertz CT molecular complexity index is 1260. The number of benzene rings is 2. The molecular formula is C21H17Cl2N5O2. The van der Waals surface area contributed by atoms with Gasteiger partial charge in [-0.1, -0.05) is 41.4 Å². The molecule has 0 fully saturated rings. The van der Waals surface area contributed by atoms with E-state index in [0.29, 0.717) is 46.3 Å². The van der Waals surface area contributed by atoms with Gasteiger partial charge in [0.15, 0.2) is 5.65 Å². The highest BCUT2D eigenvalue weighted by Gasteiger charge is 2.11. The van der Waals surface area contributed by atoms with E-state index in [1.54, 1.807) is 41.1 Å². The zero-order valence-electron chi connectivity index (χ0n) is 15.8. The zero-order chi connectivity index (χ0) is 21.1. The molecule has 0 aliphatic carbocycles. The molecule has 152 valence electrons. The van der Waals surface area contributed by atoms with Crippen molar-refractivity contribution < 1.29 is 4.79 Å². The highest BCUT2D eigenvalue weighted by atomic mass is 35.5. The van der Waals surface area contributed by atoms with Gasteiger partial charge in [-0.05, 0) is 35.9 Å². The smallest absolute Gasteiger partial charge is 0.264 e. The fourth-order valence-electron chi connectivity index (χ4n) is 3.07. The van der Waals surface area contributed by atoms with Crippen LogP contribution in [0, 0.1) is 0 Å². The Morgan fingerprint density at radius 1 is 1.07 bits per heavy atom. The molecule has 0 atom stereocenters. The van der Waals surface area contributed by atoms with E-state index in [4.69, 9.17) is 23.2 Å². The van der Waals surface area contributed by atoms with E-state index < -0.39 is 0 Å². The van der Waals surface area contributed by atoms with Gasteiger partial charge in [0.05, 0.1) is 19.3 Å². The minimum Gasteiger partial charge on any atom is -0.350 e. The van der Waals surface area contributed by atoms with Crippen LogP contribution in [0.4, 0.5) is 0 Å². The number of rotatable bonds is 6. The van der Waals surface area contributed by atoms with Gasteiger partial charge in [-0.25, -0.2) is 9.67 Å². The molecule has 0 aliphatic heterocycles. The molecule has 4 rings (SSSR count). The van der Waals surface area contributed by atoms with Gasteiger partial charge in [-0.15, -0.1) is 0 Å². The van der Waals surface area contributed by atoms with Gasteiger partial charge in [0.1, 0.15) is 11.7 Å². The minimum absolute atomic E-state index is 0.177. The Hall–Kier alpha value is -3.16. The molecule has 7 nitrogen and oxygen atoms in total. The number of fused-ring (bicyclic) bond motifs is 1. The van der Waals surface area contributed by atoms with E-state index in [1.165, 1.54) is 17.1 Å². The number of amides is 1. The molecule has 1 amide bonds. The first-order valence-corrected chi connectivity index (χ1v) is 9.96. The Morgan fingerprint density at radius 3 is 2.63 bits per heavy atom. The van der Waals surface area contributed by atoms with Crippen molar-refractivity contribution in [1.82, 2.24) is 24.6 Å². The van der Waals surface area contributed by atoms with E-state index >= 15 is 0 Å². The van der Waals surface area contributed by atoms with Crippen molar-refractivity contribution in [3.63, 3.8) is 0 Å². The first-order valence-electron chi connectivity index (χ1n) is 9.20. The zero-order valence-corrected chi connectivity index (χ0v) is 17.3. The third kappa shape index (κ3) is 4.37. The van der Waals surface area contributed by atoms with E-state index in [0.717, 1.165) is 5.56 Å². The monoisotopic (exact) mass is 441 g/mol. The summed E-state index contributed by atoms with van der Waals surface area (Å²) in [6, 6.07) is 14.0. The van der Waals surface area contributed by atoms with Crippen molar-refractivity contribution in [2.75, 3.05) is 6.54 Å². The summed E-state index contributed by atoms with van der Waals surface area (Å²) in [5, 5.41) is 8.63. The third-order valence-corrected chi connectivity index (χ3v) is 5.07. The van der Waals surface area contributed by atoms with Crippen LogP contribution in [-0.4, -0.2) is 31.8 Å². The molecule has 0 bridgehead atoms. The summed E-state index contributed by atoms with van der Waals surface area (Å²) in [6.45, 7) is 1.10. The van der Waals surface area contributed by atoms with E-state index in [2.05, 4.69) is 15.4 Å². The Kier molecular flexibility index (Phi) is 5.83. The quantitative estimate of drug-likeness (QED) is 0.497. The van der Waals surface area contributed by atoms with Crippen molar-refractivity contribution in [2.45, 2.75) is 13.1 Å². The van der Waals surface area contributed by atoms with Crippen LogP contribution in [-0.2, 0) is 13.1 Å². The summed E-state index contributed by atoms with van der Waals surface area (Å²) in [6.07, 6.45) is 3.00.